The van der Waals surface area contributed by atoms with Gasteiger partial charge >= 0.3 is 0 Å². The minimum atomic E-state index is -0.952. The van der Waals surface area contributed by atoms with E-state index in [0.717, 1.165) is 54.5 Å². The lowest BCUT2D eigenvalue weighted by atomic mass is 9.93. The number of rotatable bonds is 8. The van der Waals surface area contributed by atoms with Gasteiger partial charge in [-0.15, -0.1) is 0 Å². The van der Waals surface area contributed by atoms with Gasteiger partial charge in [-0.25, -0.2) is 0 Å². The summed E-state index contributed by atoms with van der Waals surface area (Å²) in [5.74, 6) is 0.527. The number of amidine groups is 1. The first-order chi connectivity index (χ1) is 15.1. The summed E-state index contributed by atoms with van der Waals surface area (Å²) in [6.07, 6.45) is 11.3. The maximum atomic E-state index is 13.1. The van der Waals surface area contributed by atoms with Gasteiger partial charge in [-0.2, -0.15) is 4.99 Å². The molecule has 7 heteroatoms. The van der Waals surface area contributed by atoms with Crippen LogP contribution < -0.4 is 11.1 Å². The van der Waals surface area contributed by atoms with Gasteiger partial charge in [-0.1, -0.05) is 12.1 Å². The summed E-state index contributed by atoms with van der Waals surface area (Å²) in [4.78, 5) is 18.2. The summed E-state index contributed by atoms with van der Waals surface area (Å²) in [5.41, 5.74) is 8.46. The van der Waals surface area contributed by atoms with Crippen LogP contribution >= 0.6 is 0 Å². The first kappa shape index (κ1) is 22.0. The van der Waals surface area contributed by atoms with Crippen LogP contribution in [-0.2, 0) is 20.3 Å². The highest BCUT2D eigenvalue weighted by Gasteiger charge is 2.34. The van der Waals surface area contributed by atoms with Crippen molar-refractivity contribution in [1.82, 2.24) is 5.32 Å². The number of aliphatic imine (C=N–C) groups is 1. The Labute approximate surface area is 186 Å². The molecule has 6 nitrogen and oxygen atoms in total. The number of carbonyl (C=O) groups excluding carboxylic acids is 1. The van der Waals surface area contributed by atoms with Gasteiger partial charge in [-0.3, -0.25) is 9.00 Å². The maximum Gasteiger partial charge on any atom is 0.279 e. The maximum absolute atomic E-state index is 13.1. The van der Waals surface area contributed by atoms with E-state index in [4.69, 9.17) is 10.5 Å². The molecule has 0 spiro atoms. The summed E-state index contributed by atoms with van der Waals surface area (Å²) in [6.45, 7) is 1.40. The van der Waals surface area contributed by atoms with Crippen LogP contribution in [0.25, 0.3) is 5.57 Å². The third-order valence-electron chi connectivity index (χ3n) is 5.93. The molecule has 3 N–H and O–H groups in total. The van der Waals surface area contributed by atoms with Crippen molar-refractivity contribution in [3.8, 4) is 0 Å². The molecule has 166 valence electrons. The average Bonchev–Trinajstić information content (AvgIpc) is 3.68. The van der Waals surface area contributed by atoms with Crippen LogP contribution in [0.2, 0.25) is 0 Å². The lowest BCUT2D eigenvalue weighted by molar-refractivity contribution is -0.112. The van der Waals surface area contributed by atoms with Crippen molar-refractivity contribution in [2.75, 3.05) is 20.3 Å². The molecule has 1 amide bonds. The molecule has 3 aliphatic rings. The van der Waals surface area contributed by atoms with E-state index in [2.05, 4.69) is 16.4 Å². The Morgan fingerprint density at radius 1 is 1.19 bits per heavy atom. The molecule has 0 radical (unpaired) electrons. The third-order valence-corrected chi connectivity index (χ3v) is 7.81. The lowest BCUT2D eigenvalue weighted by Crippen LogP contribution is -2.16. The van der Waals surface area contributed by atoms with E-state index < -0.39 is 10.8 Å². The second-order valence-electron chi connectivity index (χ2n) is 8.52. The predicted molar refractivity (Wildman–Crippen MR) is 124 cm³/mol. The SMILES string of the molecule is CN/C=C\C(N)=NC(=O)/C(=C/C1CCOCC1)c1ccc(S(=O)C2CC2)c(C2CC2)c1. The molecule has 1 saturated heterocycles. The first-order valence-corrected chi connectivity index (χ1v) is 12.3. The highest BCUT2D eigenvalue weighted by atomic mass is 32.2. The number of benzene rings is 1. The Bertz CT molecular complexity index is 939. The molecule has 3 fully saturated rings. The molecule has 1 aromatic rings. The fourth-order valence-corrected chi connectivity index (χ4v) is 5.45. The van der Waals surface area contributed by atoms with Crippen LogP contribution in [-0.4, -0.2) is 41.5 Å². The molecule has 1 unspecified atom stereocenters. The zero-order chi connectivity index (χ0) is 21.8. The molecule has 1 atom stereocenters. The van der Waals surface area contributed by atoms with E-state index in [0.29, 0.717) is 30.0 Å². The molecule has 1 heterocycles. The zero-order valence-electron chi connectivity index (χ0n) is 18.0. The molecule has 1 aromatic carbocycles. The molecular formula is C24H31N3O3S. The van der Waals surface area contributed by atoms with Gasteiger partial charge in [0.05, 0.1) is 10.8 Å². The Morgan fingerprint density at radius 3 is 2.58 bits per heavy atom. The van der Waals surface area contributed by atoms with Crippen LogP contribution in [0.5, 0.6) is 0 Å². The van der Waals surface area contributed by atoms with Gasteiger partial charge in [0.25, 0.3) is 5.91 Å². The van der Waals surface area contributed by atoms with E-state index >= 15 is 0 Å². The Hall–Kier alpha value is -2.25. The Morgan fingerprint density at radius 2 is 1.94 bits per heavy atom. The van der Waals surface area contributed by atoms with Crippen molar-refractivity contribution < 1.29 is 13.7 Å². The van der Waals surface area contributed by atoms with Gasteiger partial charge in [0.2, 0.25) is 0 Å². The smallest absolute Gasteiger partial charge is 0.279 e. The number of allylic oxidation sites excluding steroid dienone is 1. The first-order valence-electron chi connectivity index (χ1n) is 11.1. The van der Waals surface area contributed by atoms with Crippen molar-refractivity contribution >= 4 is 28.1 Å². The predicted octanol–water partition coefficient (Wildman–Crippen LogP) is 3.26. The Kier molecular flexibility index (Phi) is 7.02. The van der Waals surface area contributed by atoms with Gasteiger partial charge < -0.3 is 15.8 Å². The monoisotopic (exact) mass is 441 g/mol. The van der Waals surface area contributed by atoms with Gasteiger partial charge in [0, 0.05) is 36.0 Å². The topological polar surface area (TPSA) is 93.8 Å². The van der Waals surface area contributed by atoms with Crippen molar-refractivity contribution in [3.05, 3.63) is 47.7 Å². The molecular weight excluding hydrogens is 410 g/mol. The quantitative estimate of drug-likeness (QED) is 0.367. The highest BCUT2D eigenvalue weighted by Crippen LogP contribution is 2.45. The number of ether oxygens (including phenoxy) is 1. The Balaban J connectivity index is 1.69. The zero-order valence-corrected chi connectivity index (χ0v) is 18.8. The third kappa shape index (κ3) is 5.71. The average molecular weight is 442 g/mol. The van der Waals surface area contributed by atoms with Crippen LogP contribution in [0.15, 0.2) is 46.4 Å². The van der Waals surface area contributed by atoms with Crippen molar-refractivity contribution in [2.24, 2.45) is 16.6 Å². The standard InChI is InChI=1S/C24H31N3O3S/c1-26-11-8-23(25)27-24(28)21(14-16-9-12-30-13-10-16)18-4-7-22(31(29)19-5-6-19)20(15-18)17-2-3-17/h4,7-8,11,14-17,19,26H,2-3,5-6,9-10,12-13H2,1H3,(H2,25,27,28)/b11-8-,21-14+. The van der Waals surface area contributed by atoms with Gasteiger partial charge in [0.15, 0.2) is 0 Å². The molecule has 0 bridgehead atoms. The van der Waals surface area contributed by atoms with Crippen LogP contribution in [0, 0.1) is 5.92 Å². The second kappa shape index (κ2) is 9.92. The fraction of sp³-hybridized carbons (Fsp3) is 0.500. The van der Waals surface area contributed by atoms with Gasteiger partial charge in [0.1, 0.15) is 5.84 Å². The number of nitrogens with zero attached hydrogens (tertiary/aromatic N) is 1. The van der Waals surface area contributed by atoms with Crippen molar-refractivity contribution in [2.45, 2.75) is 54.6 Å². The van der Waals surface area contributed by atoms with Crippen molar-refractivity contribution in [1.29, 1.82) is 0 Å². The highest BCUT2D eigenvalue weighted by molar-refractivity contribution is 7.86. The van der Waals surface area contributed by atoms with E-state index in [-0.39, 0.29) is 17.7 Å². The number of hydrogen-bond donors (Lipinski definition) is 2. The van der Waals surface area contributed by atoms with E-state index in [1.165, 1.54) is 0 Å². The molecule has 2 saturated carbocycles. The summed E-state index contributed by atoms with van der Waals surface area (Å²) in [6, 6.07) is 5.97. The molecule has 1 aliphatic heterocycles. The molecule has 31 heavy (non-hydrogen) atoms. The number of nitrogens with two attached hydrogens (primary N) is 1. The van der Waals surface area contributed by atoms with E-state index in [1.807, 2.05) is 18.2 Å². The largest absolute Gasteiger partial charge is 0.394 e. The van der Waals surface area contributed by atoms with Crippen molar-refractivity contribution in [3.63, 3.8) is 0 Å². The number of carbonyl (C=O) groups is 1. The number of hydrogen-bond acceptors (Lipinski definition) is 4. The van der Waals surface area contributed by atoms with E-state index in [9.17, 15) is 9.00 Å². The lowest BCUT2D eigenvalue weighted by Gasteiger charge is -2.20. The van der Waals surface area contributed by atoms with E-state index in [1.54, 1.807) is 19.3 Å². The molecule has 0 aromatic heterocycles. The summed E-state index contributed by atoms with van der Waals surface area (Å²) in [5, 5.41) is 3.14. The number of amides is 1. The fourth-order valence-electron chi connectivity index (χ4n) is 3.87. The summed E-state index contributed by atoms with van der Waals surface area (Å²) < 4.78 is 18.4. The molecule has 2 aliphatic carbocycles. The summed E-state index contributed by atoms with van der Waals surface area (Å²) in [7, 11) is 0.806. The number of nitrogens with one attached hydrogen (secondary N) is 1. The summed E-state index contributed by atoms with van der Waals surface area (Å²) >= 11 is 0. The van der Waals surface area contributed by atoms with Crippen LogP contribution in [0.1, 0.15) is 55.6 Å². The van der Waals surface area contributed by atoms with Crippen LogP contribution in [0.3, 0.4) is 0 Å². The molecule has 4 rings (SSSR count). The van der Waals surface area contributed by atoms with Gasteiger partial charge in [-0.05, 0) is 85.9 Å². The van der Waals surface area contributed by atoms with Crippen LogP contribution in [0.4, 0.5) is 0 Å². The minimum absolute atomic E-state index is 0.158. The normalized spacial score (nSPS) is 22.0. The second-order valence-corrected chi connectivity index (χ2v) is 10.2. The minimum Gasteiger partial charge on any atom is -0.394 e.